The predicted molar refractivity (Wildman–Crippen MR) is 73.3 cm³/mol. The second-order valence-corrected chi connectivity index (χ2v) is 4.76. The summed E-state index contributed by atoms with van der Waals surface area (Å²) in [6.45, 7) is 6.17. The molecule has 96 valence electrons. The summed E-state index contributed by atoms with van der Waals surface area (Å²) in [5.41, 5.74) is 5.13. The van der Waals surface area contributed by atoms with Crippen molar-refractivity contribution in [2.45, 2.75) is 33.8 Å². The monoisotopic (exact) mass is 264 g/mol. The quantitative estimate of drug-likeness (QED) is 0.925. The van der Waals surface area contributed by atoms with Crippen LogP contribution in [-0.4, -0.2) is 14.9 Å². The van der Waals surface area contributed by atoms with Crippen molar-refractivity contribution in [1.82, 2.24) is 9.78 Å². The van der Waals surface area contributed by atoms with Crippen LogP contribution in [0.15, 0.2) is 18.2 Å². The van der Waals surface area contributed by atoms with E-state index in [1.54, 1.807) is 0 Å². The molecule has 0 atom stereocenters. The number of benzene rings is 1. The first-order valence-electron chi connectivity index (χ1n) is 6.03. The fourth-order valence-corrected chi connectivity index (χ4v) is 2.47. The third-order valence-electron chi connectivity index (χ3n) is 3.25. The second kappa shape index (κ2) is 5.12. The molecule has 18 heavy (non-hydrogen) atoms. The maximum atomic E-state index is 9.11. The SMILES string of the molecule is CCc1c(C)nn(-c2ccc(CO)c(Cl)c2)c1C. The average Bonchev–Trinajstić information content (AvgIpc) is 2.64. The molecule has 2 rings (SSSR count). The fourth-order valence-electron chi connectivity index (χ4n) is 2.23. The molecule has 3 nitrogen and oxygen atoms in total. The number of aromatic nitrogens is 2. The summed E-state index contributed by atoms with van der Waals surface area (Å²) >= 11 is 6.11. The number of aliphatic hydroxyl groups is 1. The maximum Gasteiger partial charge on any atom is 0.0696 e. The van der Waals surface area contributed by atoms with Gasteiger partial charge in [0.25, 0.3) is 0 Å². The largest absolute Gasteiger partial charge is 0.392 e. The van der Waals surface area contributed by atoms with E-state index < -0.39 is 0 Å². The number of hydrogen-bond donors (Lipinski definition) is 1. The Hall–Kier alpha value is -1.32. The lowest BCUT2D eigenvalue weighted by atomic mass is 10.1. The van der Waals surface area contributed by atoms with Gasteiger partial charge in [-0.2, -0.15) is 5.10 Å². The van der Waals surface area contributed by atoms with E-state index in [2.05, 4.69) is 18.9 Å². The molecule has 4 heteroatoms. The Morgan fingerprint density at radius 2 is 2.06 bits per heavy atom. The van der Waals surface area contributed by atoms with Gasteiger partial charge in [0.05, 0.1) is 18.0 Å². The maximum absolute atomic E-state index is 9.11. The Morgan fingerprint density at radius 3 is 2.56 bits per heavy atom. The van der Waals surface area contributed by atoms with Crippen LogP contribution in [0.5, 0.6) is 0 Å². The van der Waals surface area contributed by atoms with E-state index in [-0.39, 0.29) is 6.61 Å². The van der Waals surface area contributed by atoms with Gasteiger partial charge in [0, 0.05) is 10.7 Å². The van der Waals surface area contributed by atoms with E-state index in [4.69, 9.17) is 16.7 Å². The van der Waals surface area contributed by atoms with Crippen molar-refractivity contribution in [2.75, 3.05) is 0 Å². The lowest BCUT2D eigenvalue weighted by molar-refractivity contribution is 0.282. The van der Waals surface area contributed by atoms with E-state index in [1.807, 2.05) is 29.8 Å². The first kappa shape index (κ1) is 13.1. The van der Waals surface area contributed by atoms with Gasteiger partial charge >= 0.3 is 0 Å². The lowest BCUT2D eigenvalue weighted by Gasteiger charge is -2.07. The molecule has 0 aliphatic rings. The Balaban J connectivity index is 2.52. The normalized spacial score (nSPS) is 10.9. The molecule has 0 aliphatic heterocycles. The minimum absolute atomic E-state index is 0.0452. The van der Waals surface area contributed by atoms with Crippen molar-refractivity contribution in [3.63, 3.8) is 0 Å². The van der Waals surface area contributed by atoms with Crippen LogP contribution in [0.3, 0.4) is 0 Å². The van der Waals surface area contributed by atoms with Crippen LogP contribution in [0, 0.1) is 13.8 Å². The molecule has 0 amide bonds. The molecule has 1 heterocycles. The molecule has 0 spiro atoms. The molecule has 0 fully saturated rings. The highest BCUT2D eigenvalue weighted by atomic mass is 35.5. The third kappa shape index (κ3) is 2.16. The first-order chi connectivity index (χ1) is 8.58. The van der Waals surface area contributed by atoms with Crippen LogP contribution in [0.25, 0.3) is 5.69 Å². The first-order valence-corrected chi connectivity index (χ1v) is 6.41. The van der Waals surface area contributed by atoms with Gasteiger partial charge in [0.1, 0.15) is 0 Å². The smallest absolute Gasteiger partial charge is 0.0696 e. The van der Waals surface area contributed by atoms with Crippen molar-refractivity contribution in [3.8, 4) is 5.69 Å². The van der Waals surface area contributed by atoms with Crippen molar-refractivity contribution in [3.05, 3.63) is 45.7 Å². The highest BCUT2D eigenvalue weighted by molar-refractivity contribution is 6.31. The lowest BCUT2D eigenvalue weighted by Crippen LogP contribution is -2.00. The summed E-state index contributed by atoms with van der Waals surface area (Å²) in [4.78, 5) is 0. The van der Waals surface area contributed by atoms with Gasteiger partial charge in [-0.3, -0.25) is 0 Å². The van der Waals surface area contributed by atoms with Gasteiger partial charge in [-0.05, 0) is 43.5 Å². The van der Waals surface area contributed by atoms with Gasteiger partial charge in [-0.15, -0.1) is 0 Å². The van der Waals surface area contributed by atoms with Crippen LogP contribution in [0.4, 0.5) is 0 Å². The van der Waals surface area contributed by atoms with Gasteiger partial charge in [-0.25, -0.2) is 4.68 Å². The van der Waals surface area contributed by atoms with Gasteiger partial charge in [0.15, 0.2) is 0 Å². The van der Waals surface area contributed by atoms with Gasteiger partial charge < -0.3 is 5.11 Å². The summed E-state index contributed by atoms with van der Waals surface area (Å²) in [6, 6.07) is 5.60. The number of halogens is 1. The summed E-state index contributed by atoms with van der Waals surface area (Å²) in [5, 5.41) is 14.2. The molecule has 0 bridgehead atoms. The topological polar surface area (TPSA) is 38.0 Å². The summed E-state index contributed by atoms with van der Waals surface area (Å²) in [5.74, 6) is 0. The molecular weight excluding hydrogens is 248 g/mol. The number of hydrogen-bond acceptors (Lipinski definition) is 2. The number of aryl methyl sites for hydroxylation is 1. The summed E-state index contributed by atoms with van der Waals surface area (Å²) < 4.78 is 1.90. The average molecular weight is 265 g/mol. The zero-order chi connectivity index (χ0) is 13.3. The van der Waals surface area contributed by atoms with Crippen molar-refractivity contribution >= 4 is 11.6 Å². The Kier molecular flexibility index (Phi) is 3.73. The van der Waals surface area contributed by atoms with Crippen LogP contribution in [-0.2, 0) is 13.0 Å². The minimum Gasteiger partial charge on any atom is -0.392 e. The van der Waals surface area contributed by atoms with Crippen molar-refractivity contribution < 1.29 is 5.11 Å². The van der Waals surface area contributed by atoms with E-state index in [9.17, 15) is 0 Å². The Labute approximate surface area is 112 Å². The Bertz CT molecular complexity index is 575. The second-order valence-electron chi connectivity index (χ2n) is 4.35. The molecule has 0 aliphatic carbocycles. The third-order valence-corrected chi connectivity index (χ3v) is 3.60. The molecule has 1 N–H and O–H groups in total. The van der Waals surface area contributed by atoms with E-state index in [1.165, 1.54) is 5.56 Å². The summed E-state index contributed by atoms with van der Waals surface area (Å²) in [7, 11) is 0. The van der Waals surface area contributed by atoms with Gasteiger partial charge in [-0.1, -0.05) is 24.6 Å². The zero-order valence-corrected chi connectivity index (χ0v) is 11.6. The standard InChI is InChI=1S/C14H17ClN2O/c1-4-13-9(2)16-17(10(13)3)12-6-5-11(8-18)14(15)7-12/h5-7,18H,4,8H2,1-3H3. The highest BCUT2D eigenvalue weighted by Crippen LogP contribution is 2.23. The number of rotatable bonds is 3. The minimum atomic E-state index is -0.0452. The van der Waals surface area contributed by atoms with Crippen LogP contribution in [0.1, 0.15) is 29.4 Å². The molecule has 0 unspecified atom stereocenters. The molecular formula is C14H17ClN2O. The van der Waals surface area contributed by atoms with E-state index in [0.717, 1.165) is 29.1 Å². The highest BCUT2D eigenvalue weighted by Gasteiger charge is 2.12. The van der Waals surface area contributed by atoms with Crippen LogP contribution in [0.2, 0.25) is 5.02 Å². The Morgan fingerprint density at radius 1 is 1.33 bits per heavy atom. The van der Waals surface area contributed by atoms with Crippen molar-refractivity contribution in [2.24, 2.45) is 0 Å². The summed E-state index contributed by atoms with van der Waals surface area (Å²) in [6.07, 6.45) is 0.972. The van der Waals surface area contributed by atoms with E-state index >= 15 is 0 Å². The number of aliphatic hydroxyl groups excluding tert-OH is 1. The molecule has 1 aromatic heterocycles. The van der Waals surface area contributed by atoms with Crippen LogP contribution < -0.4 is 0 Å². The zero-order valence-electron chi connectivity index (χ0n) is 10.9. The molecule has 0 radical (unpaired) electrons. The van der Waals surface area contributed by atoms with Crippen LogP contribution >= 0.6 is 11.6 Å². The molecule has 2 aromatic rings. The number of nitrogens with zero attached hydrogens (tertiary/aromatic N) is 2. The van der Waals surface area contributed by atoms with E-state index in [0.29, 0.717) is 5.02 Å². The molecule has 0 saturated heterocycles. The van der Waals surface area contributed by atoms with Gasteiger partial charge in [0.2, 0.25) is 0 Å². The van der Waals surface area contributed by atoms with Crippen molar-refractivity contribution in [1.29, 1.82) is 0 Å². The molecule has 1 aromatic carbocycles. The molecule has 0 saturated carbocycles. The predicted octanol–water partition coefficient (Wildman–Crippen LogP) is 3.20. The fraction of sp³-hybridized carbons (Fsp3) is 0.357.